The molecule has 0 atom stereocenters. The fourth-order valence-corrected chi connectivity index (χ4v) is 0.738. The lowest BCUT2D eigenvalue weighted by Crippen LogP contribution is -2.05. The van der Waals surface area contributed by atoms with Crippen molar-refractivity contribution in [3.05, 3.63) is 24.0 Å². The first-order chi connectivity index (χ1) is 6.17. The van der Waals surface area contributed by atoms with E-state index in [0.29, 0.717) is 0 Å². The number of rotatable bonds is 5. The second-order valence-corrected chi connectivity index (χ2v) is 2.18. The van der Waals surface area contributed by atoms with Crippen molar-refractivity contribution in [1.29, 1.82) is 5.26 Å². The third-order valence-corrected chi connectivity index (χ3v) is 1.33. The van der Waals surface area contributed by atoms with Crippen molar-refractivity contribution in [2.24, 2.45) is 0 Å². The first-order valence-electron chi connectivity index (χ1n) is 3.77. The Labute approximate surface area is 76.7 Å². The third kappa shape index (κ3) is 3.43. The summed E-state index contributed by atoms with van der Waals surface area (Å²) in [6, 6.07) is 1.70. The Balaban J connectivity index is 4.74. The van der Waals surface area contributed by atoms with Gasteiger partial charge in [-0.15, -0.1) is 0 Å². The maximum Gasteiger partial charge on any atom is 0.336 e. The van der Waals surface area contributed by atoms with E-state index in [2.05, 4.69) is 6.58 Å². The van der Waals surface area contributed by atoms with Crippen molar-refractivity contribution in [3.63, 3.8) is 0 Å². The molecule has 0 saturated carbocycles. The molecule has 70 valence electrons. The number of carboxylic acids is 1. The number of hydrogen-bond donors (Lipinski definition) is 1. The summed E-state index contributed by atoms with van der Waals surface area (Å²) in [6.07, 6.45) is 1.71. The molecule has 0 aromatic heterocycles. The van der Waals surface area contributed by atoms with E-state index in [1.165, 1.54) is 6.08 Å². The zero-order chi connectivity index (χ0) is 10.3. The molecule has 0 aliphatic carbocycles. The van der Waals surface area contributed by atoms with Crippen LogP contribution in [0.2, 0.25) is 0 Å². The number of allylic oxidation sites excluding steroid dienone is 1. The molecule has 0 heterocycles. The predicted molar refractivity (Wildman–Crippen MR) is 46.7 cm³/mol. The lowest BCUT2D eigenvalue weighted by atomic mass is 10.2. The minimum Gasteiger partial charge on any atom is -0.479 e. The van der Waals surface area contributed by atoms with Crippen LogP contribution in [0.1, 0.15) is 13.3 Å². The van der Waals surface area contributed by atoms with Gasteiger partial charge in [0.25, 0.3) is 0 Å². The molecule has 0 aliphatic heterocycles. The van der Waals surface area contributed by atoms with E-state index in [1.54, 1.807) is 13.0 Å². The molecule has 4 nitrogen and oxygen atoms in total. The van der Waals surface area contributed by atoms with E-state index in [0.717, 1.165) is 0 Å². The molecule has 13 heavy (non-hydrogen) atoms. The van der Waals surface area contributed by atoms with E-state index in [1.807, 2.05) is 0 Å². The highest BCUT2D eigenvalue weighted by molar-refractivity contribution is 5.87. The molecular weight excluding hydrogens is 170 g/mol. The molecule has 0 saturated heterocycles. The number of hydrogen-bond acceptors (Lipinski definition) is 3. The third-order valence-electron chi connectivity index (χ3n) is 1.33. The number of nitriles is 1. The second-order valence-electron chi connectivity index (χ2n) is 2.18. The molecule has 0 aromatic carbocycles. The van der Waals surface area contributed by atoms with Crippen LogP contribution in [0, 0.1) is 11.3 Å². The number of nitrogens with zero attached hydrogens (tertiary/aromatic N) is 1. The topological polar surface area (TPSA) is 70.3 Å². The summed E-state index contributed by atoms with van der Waals surface area (Å²) in [4.78, 5) is 10.6. The van der Waals surface area contributed by atoms with Crippen LogP contribution in [0.3, 0.4) is 0 Å². The average Bonchev–Trinajstić information content (AvgIpc) is 2.11. The summed E-state index contributed by atoms with van der Waals surface area (Å²) in [6.45, 7) is 5.18. The average molecular weight is 181 g/mol. The van der Waals surface area contributed by atoms with Crippen molar-refractivity contribution in [2.75, 3.05) is 6.61 Å². The quantitative estimate of drug-likeness (QED) is 0.301. The van der Waals surface area contributed by atoms with Crippen LogP contribution < -0.4 is 0 Å². The Bertz CT molecular complexity index is 273. The molecule has 0 amide bonds. The van der Waals surface area contributed by atoms with Crippen LogP contribution in [0.4, 0.5) is 0 Å². The SMILES string of the molecule is C=CCOC(C#N)=C(CC)C(=O)O. The number of ether oxygens (including phenoxy) is 1. The summed E-state index contributed by atoms with van der Waals surface area (Å²) in [7, 11) is 0. The van der Waals surface area contributed by atoms with Gasteiger partial charge >= 0.3 is 5.97 Å². The minimum atomic E-state index is -1.12. The van der Waals surface area contributed by atoms with Crippen LogP contribution in [-0.2, 0) is 9.53 Å². The van der Waals surface area contributed by atoms with Crippen LogP contribution in [0.5, 0.6) is 0 Å². The van der Waals surface area contributed by atoms with Crippen LogP contribution in [0.25, 0.3) is 0 Å². The molecular formula is C9H11NO3. The Hall–Kier alpha value is -1.76. The van der Waals surface area contributed by atoms with Gasteiger partial charge in [-0.1, -0.05) is 19.6 Å². The van der Waals surface area contributed by atoms with E-state index in [-0.39, 0.29) is 24.4 Å². The van der Waals surface area contributed by atoms with Gasteiger partial charge in [0.1, 0.15) is 12.7 Å². The smallest absolute Gasteiger partial charge is 0.336 e. The Morgan fingerprint density at radius 2 is 2.38 bits per heavy atom. The standard InChI is InChI=1S/C9H11NO3/c1-3-5-13-8(6-10)7(4-2)9(11)12/h3H,1,4-5H2,2H3,(H,11,12). The Kier molecular flexibility index (Phi) is 5.05. The lowest BCUT2D eigenvalue weighted by Gasteiger charge is -2.03. The lowest BCUT2D eigenvalue weighted by molar-refractivity contribution is -0.133. The monoisotopic (exact) mass is 181 g/mol. The maximum absolute atomic E-state index is 10.6. The van der Waals surface area contributed by atoms with E-state index < -0.39 is 5.97 Å². The Morgan fingerprint density at radius 3 is 2.69 bits per heavy atom. The maximum atomic E-state index is 10.6. The molecule has 0 radical (unpaired) electrons. The van der Waals surface area contributed by atoms with Gasteiger partial charge in [-0.25, -0.2) is 4.79 Å². The molecule has 0 fully saturated rings. The molecule has 4 heteroatoms. The fraction of sp³-hybridized carbons (Fsp3) is 0.333. The van der Waals surface area contributed by atoms with Crippen molar-refractivity contribution < 1.29 is 14.6 Å². The van der Waals surface area contributed by atoms with Gasteiger partial charge in [0, 0.05) is 0 Å². The van der Waals surface area contributed by atoms with Crippen molar-refractivity contribution in [1.82, 2.24) is 0 Å². The first-order valence-corrected chi connectivity index (χ1v) is 3.77. The van der Waals surface area contributed by atoms with Crippen molar-refractivity contribution in [3.8, 4) is 6.07 Å². The summed E-state index contributed by atoms with van der Waals surface area (Å²) in [5.41, 5.74) is -0.00986. The molecule has 0 aromatic rings. The summed E-state index contributed by atoms with van der Waals surface area (Å²) in [5.74, 6) is -1.27. The van der Waals surface area contributed by atoms with Crippen LogP contribution >= 0.6 is 0 Å². The van der Waals surface area contributed by atoms with Gasteiger partial charge in [-0.3, -0.25) is 0 Å². The van der Waals surface area contributed by atoms with Gasteiger partial charge in [0.2, 0.25) is 5.76 Å². The zero-order valence-corrected chi connectivity index (χ0v) is 7.41. The van der Waals surface area contributed by atoms with Gasteiger partial charge in [-0.05, 0) is 6.42 Å². The van der Waals surface area contributed by atoms with E-state index in [4.69, 9.17) is 15.1 Å². The highest BCUT2D eigenvalue weighted by Crippen LogP contribution is 2.09. The van der Waals surface area contributed by atoms with Gasteiger partial charge < -0.3 is 9.84 Å². The normalized spacial score (nSPS) is 11.1. The minimum absolute atomic E-state index is 0.00986. The van der Waals surface area contributed by atoms with Crippen molar-refractivity contribution in [2.45, 2.75) is 13.3 Å². The summed E-state index contributed by atoms with van der Waals surface area (Å²) >= 11 is 0. The van der Waals surface area contributed by atoms with Crippen LogP contribution in [0.15, 0.2) is 24.0 Å². The van der Waals surface area contributed by atoms with Gasteiger partial charge in [0.15, 0.2) is 0 Å². The van der Waals surface area contributed by atoms with E-state index in [9.17, 15) is 4.79 Å². The summed E-state index contributed by atoms with van der Waals surface area (Å²) in [5, 5.41) is 17.2. The Morgan fingerprint density at radius 1 is 1.77 bits per heavy atom. The first kappa shape index (κ1) is 11.2. The molecule has 0 unspecified atom stereocenters. The molecule has 0 spiro atoms. The highest BCUT2D eigenvalue weighted by atomic mass is 16.5. The van der Waals surface area contributed by atoms with E-state index >= 15 is 0 Å². The van der Waals surface area contributed by atoms with Crippen molar-refractivity contribution >= 4 is 5.97 Å². The molecule has 0 aliphatic rings. The molecule has 0 bridgehead atoms. The predicted octanol–water partition coefficient (Wildman–Crippen LogP) is 1.46. The molecule has 1 N–H and O–H groups in total. The number of carboxylic acid groups (broad SMARTS) is 1. The summed E-state index contributed by atoms with van der Waals surface area (Å²) < 4.78 is 4.87. The molecule has 0 rings (SSSR count). The zero-order valence-electron chi connectivity index (χ0n) is 7.41. The van der Waals surface area contributed by atoms with Gasteiger partial charge in [0.05, 0.1) is 5.57 Å². The van der Waals surface area contributed by atoms with Crippen LogP contribution in [-0.4, -0.2) is 17.7 Å². The fourth-order valence-electron chi connectivity index (χ4n) is 0.738. The van der Waals surface area contributed by atoms with Gasteiger partial charge in [-0.2, -0.15) is 5.26 Å². The number of aliphatic carboxylic acids is 1. The largest absolute Gasteiger partial charge is 0.479 e. The second kappa shape index (κ2) is 5.84. The highest BCUT2D eigenvalue weighted by Gasteiger charge is 2.12. The number of carbonyl (C=O) groups is 1.